The van der Waals surface area contributed by atoms with Crippen molar-refractivity contribution in [3.63, 3.8) is 0 Å². The van der Waals surface area contributed by atoms with E-state index < -0.39 is 0 Å². The molecule has 0 aromatic carbocycles. The minimum absolute atomic E-state index is 0.0440. The van der Waals surface area contributed by atoms with Gasteiger partial charge in [-0.3, -0.25) is 0 Å². The first-order chi connectivity index (χ1) is 4.86. The van der Waals surface area contributed by atoms with Crippen molar-refractivity contribution in [2.24, 2.45) is 0 Å². The Balaban J connectivity index is 2.26. The molecule has 2 aliphatic rings. The molecular weight excluding hydrogens is 130 g/mol. The van der Waals surface area contributed by atoms with Crippen molar-refractivity contribution in [3.8, 4) is 0 Å². The number of rotatable bonds is 0. The largest absolute Gasteiger partial charge is 0.366 e. The number of hydrogen-bond donors (Lipinski definition) is 3. The number of urea groups is 1. The molecule has 2 amide bonds. The van der Waals surface area contributed by atoms with Crippen LogP contribution in [0, 0.1) is 0 Å². The van der Waals surface area contributed by atoms with Crippen LogP contribution in [0.15, 0.2) is 24.0 Å². The fraction of sp³-hybridized carbons (Fsp3) is 0.167. The van der Waals surface area contributed by atoms with E-state index in [9.17, 15) is 4.79 Å². The summed E-state index contributed by atoms with van der Waals surface area (Å²) in [6, 6.07) is -0.146. The van der Waals surface area contributed by atoms with Gasteiger partial charge in [-0.2, -0.15) is 0 Å². The van der Waals surface area contributed by atoms with Gasteiger partial charge >= 0.3 is 6.03 Å². The molecule has 0 aromatic heterocycles. The van der Waals surface area contributed by atoms with Gasteiger partial charge in [0, 0.05) is 0 Å². The van der Waals surface area contributed by atoms with E-state index in [1.54, 1.807) is 6.20 Å². The average Bonchev–Trinajstić information content (AvgIpc) is 2.27. The van der Waals surface area contributed by atoms with Gasteiger partial charge in [0.1, 0.15) is 6.17 Å². The molecule has 0 spiro atoms. The molecule has 2 heterocycles. The quantitative estimate of drug-likeness (QED) is 0.426. The van der Waals surface area contributed by atoms with Crippen LogP contribution in [-0.2, 0) is 0 Å². The summed E-state index contributed by atoms with van der Waals surface area (Å²) in [5, 5.41) is 8.30. The van der Waals surface area contributed by atoms with Gasteiger partial charge in [-0.25, -0.2) is 4.79 Å². The predicted molar refractivity (Wildman–Crippen MR) is 35.8 cm³/mol. The number of allylic oxidation sites excluding steroid dienone is 2. The molecular formula is C6H7N3O. The highest BCUT2D eigenvalue weighted by atomic mass is 16.2. The molecule has 0 aromatic rings. The van der Waals surface area contributed by atoms with Crippen LogP contribution in [0.1, 0.15) is 0 Å². The molecule has 52 valence electrons. The molecule has 2 aliphatic heterocycles. The highest BCUT2D eigenvalue weighted by Crippen LogP contribution is 2.05. The van der Waals surface area contributed by atoms with E-state index in [4.69, 9.17) is 0 Å². The zero-order valence-corrected chi connectivity index (χ0v) is 5.22. The third kappa shape index (κ3) is 0.655. The normalized spacial score (nSPS) is 27.8. The molecule has 3 N–H and O–H groups in total. The number of hydrogen-bond acceptors (Lipinski definition) is 2. The number of amides is 2. The highest BCUT2D eigenvalue weighted by Gasteiger charge is 2.24. The van der Waals surface area contributed by atoms with E-state index in [1.807, 2.05) is 12.2 Å². The van der Waals surface area contributed by atoms with E-state index in [0.29, 0.717) is 0 Å². The Morgan fingerprint density at radius 1 is 1.50 bits per heavy atom. The Bertz CT molecular complexity index is 231. The van der Waals surface area contributed by atoms with Crippen LogP contribution in [0.5, 0.6) is 0 Å². The summed E-state index contributed by atoms with van der Waals surface area (Å²) in [6.45, 7) is 0. The molecule has 0 bridgehead atoms. The van der Waals surface area contributed by atoms with Gasteiger partial charge in [-0.15, -0.1) is 0 Å². The lowest BCUT2D eigenvalue weighted by Crippen LogP contribution is -2.37. The second-order valence-electron chi connectivity index (χ2n) is 2.18. The van der Waals surface area contributed by atoms with E-state index in [2.05, 4.69) is 16.0 Å². The number of carbonyl (C=O) groups excluding carboxylic acids is 1. The van der Waals surface area contributed by atoms with Gasteiger partial charge in [0.15, 0.2) is 0 Å². The third-order valence-corrected chi connectivity index (χ3v) is 1.48. The summed E-state index contributed by atoms with van der Waals surface area (Å²) in [4.78, 5) is 10.7. The number of dihydropyridines is 1. The first kappa shape index (κ1) is 5.34. The molecule has 0 aliphatic carbocycles. The molecule has 2 rings (SSSR count). The molecule has 1 atom stereocenters. The van der Waals surface area contributed by atoms with Crippen LogP contribution in [-0.4, -0.2) is 12.2 Å². The Hall–Kier alpha value is -1.45. The van der Waals surface area contributed by atoms with Crippen LogP contribution in [0.2, 0.25) is 0 Å². The lowest BCUT2D eigenvalue weighted by Gasteiger charge is -2.12. The minimum atomic E-state index is -0.146. The first-order valence-corrected chi connectivity index (χ1v) is 3.06. The molecule has 1 fully saturated rings. The van der Waals surface area contributed by atoms with Gasteiger partial charge in [0.2, 0.25) is 0 Å². The number of fused-ring (bicyclic) bond motifs is 1. The first-order valence-electron chi connectivity index (χ1n) is 3.06. The van der Waals surface area contributed by atoms with Gasteiger partial charge in [0.25, 0.3) is 0 Å². The SMILES string of the molecule is O=C1NC2=CC=CNC2N1. The van der Waals surface area contributed by atoms with Crippen molar-refractivity contribution in [2.45, 2.75) is 6.17 Å². The Labute approximate surface area is 58.0 Å². The summed E-state index contributed by atoms with van der Waals surface area (Å²) in [5.74, 6) is 0. The standard InChI is InChI=1S/C6H7N3O/c10-6-8-4-2-1-3-7-5(4)9-6/h1-3,5,7H,(H2,8,9,10). The second-order valence-corrected chi connectivity index (χ2v) is 2.18. The average molecular weight is 137 g/mol. The minimum Gasteiger partial charge on any atom is -0.366 e. The lowest BCUT2D eigenvalue weighted by atomic mass is 10.3. The smallest absolute Gasteiger partial charge is 0.321 e. The summed E-state index contributed by atoms with van der Waals surface area (Å²) >= 11 is 0. The van der Waals surface area contributed by atoms with Crippen molar-refractivity contribution in [1.29, 1.82) is 0 Å². The van der Waals surface area contributed by atoms with Crippen LogP contribution < -0.4 is 16.0 Å². The predicted octanol–water partition coefficient (Wildman–Crippen LogP) is -0.374. The molecule has 1 saturated heterocycles. The highest BCUT2D eigenvalue weighted by molar-refractivity contribution is 5.80. The molecule has 10 heavy (non-hydrogen) atoms. The van der Waals surface area contributed by atoms with Crippen molar-refractivity contribution in [2.75, 3.05) is 0 Å². The maximum absolute atomic E-state index is 10.7. The van der Waals surface area contributed by atoms with Crippen molar-refractivity contribution >= 4 is 6.03 Å². The zero-order chi connectivity index (χ0) is 6.97. The van der Waals surface area contributed by atoms with E-state index >= 15 is 0 Å². The summed E-state index contributed by atoms with van der Waals surface area (Å²) < 4.78 is 0. The molecule has 0 saturated carbocycles. The second kappa shape index (κ2) is 1.76. The maximum atomic E-state index is 10.7. The van der Waals surface area contributed by atoms with Crippen molar-refractivity contribution in [1.82, 2.24) is 16.0 Å². The summed E-state index contributed by atoms with van der Waals surface area (Å²) in [7, 11) is 0. The monoisotopic (exact) mass is 137 g/mol. The van der Waals surface area contributed by atoms with Gasteiger partial charge in [-0.1, -0.05) is 0 Å². The lowest BCUT2D eigenvalue weighted by molar-refractivity contribution is 0.247. The topological polar surface area (TPSA) is 53.2 Å². The molecule has 4 nitrogen and oxygen atoms in total. The molecule has 1 unspecified atom stereocenters. The molecule has 4 heteroatoms. The van der Waals surface area contributed by atoms with Crippen LogP contribution in [0.4, 0.5) is 4.79 Å². The summed E-state index contributed by atoms with van der Waals surface area (Å²) in [6.07, 6.45) is 5.46. The Morgan fingerprint density at radius 2 is 2.40 bits per heavy atom. The third-order valence-electron chi connectivity index (χ3n) is 1.48. The van der Waals surface area contributed by atoms with Gasteiger partial charge < -0.3 is 16.0 Å². The Morgan fingerprint density at radius 3 is 3.20 bits per heavy atom. The van der Waals surface area contributed by atoms with Crippen LogP contribution in [0.25, 0.3) is 0 Å². The zero-order valence-electron chi connectivity index (χ0n) is 5.22. The van der Waals surface area contributed by atoms with Gasteiger partial charge in [-0.05, 0) is 18.4 Å². The molecule has 0 radical (unpaired) electrons. The van der Waals surface area contributed by atoms with E-state index in [-0.39, 0.29) is 12.2 Å². The van der Waals surface area contributed by atoms with Crippen molar-refractivity contribution in [3.05, 3.63) is 24.0 Å². The van der Waals surface area contributed by atoms with Crippen LogP contribution in [0.3, 0.4) is 0 Å². The number of carbonyl (C=O) groups is 1. The summed E-state index contributed by atoms with van der Waals surface area (Å²) in [5.41, 5.74) is 0.882. The maximum Gasteiger partial charge on any atom is 0.321 e. The van der Waals surface area contributed by atoms with Crippen molar-refractivity contribution < 1.29 is 4.79 Å². The van der Waals surface area contributed by atoms with E-state index in [1.165, 1.54) is 0 Å². The van der Waals surface area contributed by atoms with Crippen LogP contribution >= 0.6 is 0 Å². The van der Waals surface area contributed by atoms with E-state index in [0.717, 1.165) is 5.70 Å². The number of nitrogens with one attached hydrogen (secondary N) is 3. The fourth-order valence-electron chi connectivity index (χ4n) is 1.02. The fourth-order valence-corrected chi connectivity index (χ4v) is 1.02. The Kier molecular flexibility index (Phi) is 0.943. The van der Waals surface area contributed by atoms with Gasteiger partial charge in [0.05, 0.1) is 5.70 Å².